The summed E-state index contributed by atoms with van der Waals surface area (Å²) in [5.41, 5.74) is 0.213. The quantitative estimate of drug-likeness (QED) is 0.753. The Bertz CT molecular complexity index is 470. The maximum Gasteiger partial charge on any atom is 0.167 e. The summed E-state index contributed by atoms with van der Waals surface area (Å²) >= 11 is 0. The van der Waals surface area contributed by atoms with E-state index < -0.39 is 5.82 Å². The third kappa shape index (κ3) is 4.90. The van der Waals surface area contributed by atoms with Crippen molar-refractivity contribution in [2.75, 3.05) is 40.3 Å². The molecule has 1 aliphatic rings. The smallest absolute Gasteiger partial charge is 0.167 e. The van der Waals surface area contributed by atoms with Gasteiger partial charge < -0.3 is 9.80 Å². The van der Waals surface area contributed by atoms with Gasteiger partial charge in [0.25, 0.3) is 0 Å². The molecule has 1 fully saturated rings. The fourth-order valence-corrected chi connectivity index (χ4v) is 2.89. The van der Waals surface area contributed by atoms with Gasteiger partial charge in [0, 0.05) is 19.5 Å². The Morgan fingerprint density at radius 3 is 2.67 bits per heavy atom. The van der Waals surface area contributed by atoms with Gasteiger partial charge in [-0.25, -0.2) is 4.39 Å². The Morgan fingerprint density at radius 1 is 1.33 bits per heavy atom. The largest absolute Gasteiger partial charge is 0.306 e. The molecule has 1 aliphatic heterocycles. The molecule has 4 heteroatoms. The van der Waals surface area contributed by atoms with Crippen LogP contribution >= 0.6 is 0 Å². The first-order valence-electron chi connectivity index (χ1n) is 7.71. The maximum absolute atomic E-state index is 13.5. The minimum Gasteiger partial charge on any atom is -0.306 e. The van der Waals surface area contributed by atoms with Crippen molar-refractivity contribution < 1.29 is 9.18 Å². The topological polar surface area (TPSA) is 23.6 Å². The molecule has 2 rings (SSSR count). The number of rotatable bonds is 6. The Labute approximate surface area is 126 Å². The SMILES string of the molecule is CN1CCC(CN(C)CCC(=O)c2ccccc2F)CC1. The molecule has 0 bridgehead atoms. The van der Waals surface area contributed by atoms with Crippen LogP contribution in [0, 0.1) is 11.7 Å². The van der Waals surface area contributed by atoms with Crippen LogP contribution in [0.2, 0.25) is 0 Å². The number of hydrogen-bond acceptors (Lipinski definition) is 3. The van der Waals surface area contributed by atoms with Crippen molar-refractivity contribution in [3.8, 4) is 0 Å². The maximum atomic E-state index is 13.5. The monoisotopic (exact) mass is 292 g/mol. The predicted octanol–water partition coefficient (Wildman–Crippen LogP) is 2.67. The van der Waals surface area contributed by atoms with E-state index in [9.17, 15) is 9.18 Å². The zero-order valence-electron chi connectivity index (χ0n) is 13.0. The molecule has 0 aromatic heterocycles. The first-order chi connectivity index (χ1) is 10.1. The van der Waals surface area contributed by atoms with E-state index in [-0.39, 0.29) is 11.3 Å². The highest BCUT2D eigenvalue weighted by Crippen LogP contribution is 2.17. The number of hydrogen-bond donors (Lipinski definition) is 0. The van der Waals surface area contributed by atoms with Crippen LogP contribution in [0.3, 0.4) is 0 Å². The Hall–Kier alpha value is -1.26. The van der Waals surface area contributed by atoms with Crippen LogP contribution in [0.4, 0.5) is 4.39 Å². The van der Waals surface area contributed by atoms with Crippen LogP contribution < -0.4 is 0 Å². The molecule has 0 N–H and O–H groups in total. The van der Waals surface area contributed by atoms with E-state index in [0.717, 1.165) is 25.6 Å². The van der Waals surface area contributed by atoms with E-state index in [1.54, 1.807) is 18.2 Å². The van der Waals surface area contributed by atoms with Crippen LogP contribution in [-0.4, -0.2) is 55.9 Å². The lowest BCUT2D eigenvalue weighted by atomic mass is 9.96. The molecule has 0 radical (unpaired) electrons. The highest BCUT2D eigenvalue weighted by Gasteiger charge is 2.18. The number of nitrogens with zero attached hydrogens (tertiary/aromatic N) is 2. The summed E-state index contributed by atoms with van der Waals surface area (Å²) in [4.78, 5) is 16.6. The Morgan fingerprint density at radius 2 is 2.00 bits per heavy atom. The molecular weight excluding hydrogens is 267 g/mol. The summed E-state index contributed by atoms with van der Waals surface area (Å²) in [6.45, 7) is 4.04. The second-order valence-electron chi connectivity index (χ2n) is 6.16. The van der Waals surface area contributed by atoms with Gasteiger partial charge >= 0.3 is 0 Å². The number of Topliss-reactive ketones (excluding diaryl/α,β-unsaturated/α-hetero) is 1. The molecule has 0 spiro atoms. The number of benzene rings is 1. The van der Waals surface area contributed by atoms with E-state index in [4.69, 9.17) is 0 Å². The summed E-state index contributed by atoms with van der Waals surface area (Å²) in [5.74, 6) is 0.193. The van der Waals surface area contributed by atoms with Crippen molar-refractivity contribution in [1.82, 2.24) is 9.80 Å². The van der Waals surface area contributed by atoms with E-state index in [1.165, 1.54) is 18.9 Å². The zero-order valence-corrected chi connectivity index (χ0v) is 13.0. The van der Waals surface area contributed by atoms with Crippen molar-refractivity contribution in [3.05, 3.63) is 35.6 Å². The number of carbonyl (C=O) groups excluding carboxylic acids is 1. The van der Waals surface area contributed by atoms with Gasteiger partial charge in [-0.1, -0.05) is 12.1 Å². The molecule has 1 saturated heterocycles. The minimum absolute atomic E-state index is 0.108. The highest BCUT2D eigenvalue weighted by molar-refractivity contribution is 5.96. The van der Waals surface area contributed by atoms with Crippen molar-refractivity contribution >= 4 is 5.78 Å². The van der Waals surface area contributed by atoms with E-state index in [2.05, 4.69) is 16.8 Å². The zero-order chi connectivity index (χ0) is 15.2. The molecule has 1 aromatic carbocycles. The van der Waals surface area contributed by atoms with Crippen molar-refractivity contribution in [2.24, 2.45) is 5.92 Å². The van der Waals surface area contributed by atoms with Gasteiger partial charge in [0.2, 0.25) is 0 Å². The average Bonchev–Trinajstić information content (AvgIpc) is 2.48. The van der Waals surface area contributed by atoms with Gasteiger partial charge in [-0.05, 0) is 58.1 Å². The number of piperidine rings is 1. The molecule has 0 atom stereocenters. The Balaban J connectivity index is 1.75. The predicted molar refractivity (Wildman–Crippen MR) is 83.1 cm³/mol. The van der Waals surface area contributed by atoms with Crippen molar-refractivity contribution in [1.29, 1.82) is 0 Å². The van der Waals surface area contributed by atoms with Crippen molar-refractivity contribution in [3.63, 3.8) is 0 Å². The van der Waals surface area contributed by atoms with Gasteiger partial charge in [0.1, 0.15) is 5.82 Å². The molecule has 3 nitrogen and oxygen atoms in total. The van der Waals surface area contributed by atoms with Crippen LogP contribution in [-0.2, 0) is 0 Å². The molecule has 21 heavy (non-hydrogen) atoms. The van der Waals surface area contributed by atoms with Crippen LogP contribution in [0.1, 0.15) is 29.6 Å². The minimum atomic E-state index is -0.416. The summed E-state index contributed by atoms with van der Waals surface area (Å²) < 4.78 is 13.5. The lowest BCUT2D eigenvalue weighted by Crippen LogP contribution is -2.36. The standard InChI is InChI=1S/C17H25FN2O/c1-19-10-7-14(8-11-19)13-20(2)12-9-17(21)15-5-3-4-6-16(15)18/h3-6,14H,7-13H2,1-2H3. The molecule has 0 amide bonds. The summed E-state index contributed by atoms with van der Waals surface area (Å²) in [6.07, 6.45) is 2.83. The molecule has 116 valence electrons. The molecule has 0 unspecified atom stereocenters. The van der Waals surface area contributed by atoms with E-state index in [1.807, 2.05) is 7.05 Å². The number of carbonyl (C=O) groups is 1. The third-order valence-electron chi connectivity index (χ3n) is 4.30. The summed E-state index contributed by atoms with van der Waals surface area (Å²) in [6, 6.07) is 6.22. The number of halogens is 1. The Kier molecular flexibility index (Phi) is 5.88. The summed E-state index contributed by atoms with van der Waals surface area (Å²) in [5, 5.41) is 0. The van der Waals surface area contributed by atoms with Gasteiger partial charge in [0.05, 0.1) is 5.56 Å². The molecular formula is C17H25FN2O. The highest BCUT2D eigenvalue weighted by atomic mass is 19.1. The lowest BCUT2D eigenvalue weighted by Gasteiger charge is -2.31. The number of likely N-dealkylation sites (tertiary alicyclic amines) is 1. The van der Waals surface area contributed by atoms with Crippen molar-refractivity contribution in [2.45, 2.75) is 19.3 Å². The van der Waals surface area contributed by atoms with Gasteiger partial charge in [0.15, 0.2) is 5.78 Å². The van der Waals surface area contributed by atoms with Crippen LogP contribution in [0.25, 0.3) is 0 Å². The first-order valence-corrected chi connectivity index (χ1v) is 7.71. The van der Waals surface area contributed by atoms with Gasteiger partial charge in [-0.3, -0.25) is 4.79 Å². The lowest BCUT2D eigenvalue weighted by molar-refractivity contribution is 0.0957. The van der Waals surface area contributed by atoms with Crippen LogP contribution in [0.15, 0.2) is 24.3 Å². The van der Waals surface area contributed by atoms with Crippen LogP contribution in [0.5, 0.6) is 0 Å². The number of ketones is 1. The first kappa shape index (κ1) is 16.1. The normalized spacial score (nSPS) is 17.3. The van der Waals surface area contributed by atoms with E-state index >= 15 is 0 Å². The fraction of sp³-hybridized carbons (Fsp3) is 0.588. The molecule has 0 saturated carbocycles. The molecule has 0 aliphatic carbocycles. The van der Waals surface area contributed by atoms with E-state index in [0.29, 0.717) is 13.0 Å². The summed E-state index contributed by atoms with van der Waals surface area (Å²) in [7, 11) is 4.21. The second-order valence-corrected chi connectivity index (χ2v) is 6.16. The second kappa shape index (κ2) is 7.66. The fourth-order valence-electron chi connectivity index (χ4n) is 2.89. The van der Waals surface area contributed by atoms with Gasteiger partial charge in [-0.2, -0.15) is 0 Å². The third-order valence-corrected chi connectivity index (χ3v) is 4.30. The average molecular weight is 292 g/mol. The van der Waals surface area contributed by atoms with Gasteiger partial charge in [-0.15, -0.1) is 0 Å². The molecule has 1 aromatic rings. The molecule has 1 heterocycles.